The van der Waals surface area contributed by atoms with Gasteiger partial charge in [0, 0.05) is 10.6 Å². The summed E-state index contributed by atoms with van der Waals surface area (Å²) >= 11 is 6.04. The molecule has 1 aromatic heterocycles. The normalized spacial score (nSPS) is 11.7. The van der Waals surface area contributed by atoms with Crippen molar-refractivity contribution in [1.29, 1.82) is 5.26 Å². The zero-order valence-electron chi connectivity index (χ0n) is 9.51. The number of nitriles is 1. The second-order valence-electron chi connectivity index (χ2n) is 3.55. The minimum Gasteiger partial charge on any atom is -0.465 e. The van der Waals surface area contributed by atoms with E-state index < -0.39 is 0 Å². The Balaban J connectivity index is 2.25. The monoisotopic (exact) mass is 255 g/mol. The average molecular weight is 256 g/mol. The van der Waals surface area contributed by atoms with E-state index >= 15 is 0 Å². The molecule has 0 unspecified atom stereocenters. The molecule has 18 heavy (non-hydrogen) atoms. The van der Waals surface area contributed by atoms with Crippen LogP contribution >= 0.6 is 11.6 Å². The van der Waals surface area contributed by atoms with Crippen LogP contribution in [0.4, 0.5) is 0 Å². The smallest absolute Gasteiger partial charge is 0.126 e. The second kappa shape index (κ2) is 5.90. The molecule has 0 radical (unpaired) electrons. The number of benzene rings is 1. The Morgan fingerprint density at radius 1 is 1.22 bits per heavy atom. The van der Waals surface area contributed by atoms with Crippen LogP contribution in [0.25, 0.3) is 11.6 Å². The molecule has 1 aromatic carbocycles. The second-order valence-corrected chi connectivity index (χ2v) is 3.95. The van der Waals surface area contributed by atoms with Gasteiger partial charge in [0.1, 0.15) is 5.76 Å². The maximum Gasteiger partial charge on any atom is 0.126 e. The Hall–Kier alpha value is -2.24. The Morgan fingerprint density at radius 3 is 2.72 bits per heavy atom. The van der Waals surface area contributed by atoms with Crippen LogP contribution in [0.2, 0.25) is 5.02 Å². The number of rotatable bonds is 3. The molecule has 2 aromatic rings. The molecule has 0 spiro atoms. The molecular formula is C15H10ClNO. The van der Waals surface area contributed by atoms with Gasteiger partial charge >= 0.3 is 0 Å². The van der Waals surface area contributed by atoms with Gasteiger partial charge in [0.05, 0.1) is 17.9 Å². The maximum absolute atomic E-state index is 9.13. The third-order valence-corrected chi connectivity index (χ3v) is 2.68. The van der Waals surface area contributed by atoms with Crippen LogP contribution in [0.3, 0.4) is 0 Å². The van der Waals surface area contributed by atoms with Crippen molar-refractivity contribution in [2.75, 3.05) is 0 Å². The van der Waals surface area contributed by atoms with E-state index in [2.05, 4.69) is 6.07 Å². The third-order valence-electron chi connectivity index (χ3n) is 2.35. The lowest BCUT2D eigenvalue weighted by molar-refractivity contribution is 0.557. The number of halogens is 1. The van der Waals surface area contributed by atoms with Crippen LogP contribution in [0.5, 0.6) is 0 Å². The van der Waals surface area contributed by atoms with Crippen molar-refractivity contribution >= 4 is 23.3 Å². The highest BCUT2D eigenvalue weighted by molar-refractivity contribution is 6.32. The van der Waals surface area contributed by atoms with Gasteiger partial charge in [-0.1, -0.05) is 35.9 Å². The summed E-state index contributed by atoms with van der Waals surface area (Å²) in [4.78, 5) is 0. The van der Waals surface area contributed by atoms with Crippen molar-refractivity contribution in [2.24, 2.45) is 0 Å². The summed E-state index contributed by atoms with van der Waals surface area (Å²) in [5.74, 6) is 0.739. The summed E-state index contributed by atoms with van der Waals surface area (Å²) in [5.41, 5.74) is 1.24. The van der Waals surface area contributed by atoms with Gasteiger partial charge in [0.15, 0.2) is 0 Å². The molecule has 0 atom stereocenters. The van der Waals surface area contributed by atoms with E-state index in [9.17, 15) is 0 Å². The average Bonchev–Trinajstić information content (AvgIpc) is 2.89. The molecule has 0 fully saturated rings. The highest BCUT2D eigenvalue weighted by atomic mass is 35.5. The Bertz CT molecular complexity index is 618. The first kappa shape index (κ1) is 12.2. The largest absolute Gasteiger partial charge is 0.465 e. The molecule has 88 valence electrons. The van der Waals surface area contributed by atoms with Crippen LogP contribution in [0.1, 0.15) is 11.3 Å². The highest BCUT2D eigenvalue weighted by Crippen LogP contribution is 2.23. The van der Waals surface area contributed by atoms with Gasteiger partial charge in [-0.05, 0) is 30.4 Å². The lowest BCUT2D eigenvalue weighted by Crippen LogP contribution is -1.81. The Kier molecular flexibility index (Phi) is 4.01. The van der Waals surface area contributed by atoms with Gasteiger partial charge in [-0.2, -0.15) is 5.26 Å². The van der Waals surface area contributed by atoms with Crippen LogP contribution in [0, 0.1) is 11.3 Å². The van der Waals surface area contributed by atoms with E-state index in [1.54, 1.807) is 30.6 Å². The summed E-state index contributed by atoms with van der Waals surface area (Å²) in [6.45, 7) is 0. The number of hydrogen-bond acceptors (Lipinski definition) is 2. The quantitative estimate of drug-likeness (QED) is 0.596. The predicted molar refractivity (Wildman–Crippen MR) is 72.8 cm³/mol. The first-order chi connectivity index (χ1) is 8.81. The lowest BCUT2D eigenvalue weighted by atomic mass is 10.1. The van der Waals surface area contributed by atoms with Crippen LogP contribution in [-0.2, 0) is 0 Å². The first-order valence-electron chi connectivity index (χ1n) is 5.38. The summed E-state index contributed by atoms with van der Waals surface area (Å²) in [7, 11) is 0. The molecule has 0 aliphatic rings. The van der Waals surface area contributed by atoms with Gasteiger partial charge in [-0.25, -0.2) is 0 Å². The van der Waals surface area contributed by atoms with Crippen molar-refractivity contribution in [3.63, 3.8) is 0 Å². The molecule has 0 N–H and O–H groups in total. The number of allylic oxidation sites excluding steroid dienone is 3. The molecule has 0 bridgehead atoms. The summed E-state index contributed by atoms with van der Waals surface area (Å²) < 4.78 is 5.15. The van der Waals surface area contributed by atoms with E-state index in [-0.39, 0.29) is 0 Å². The molecule has 1 heterocycles. The summed E-state index contributed by atoms with van der Waals surface area (Å²) in [5, 5.41) is 9.69. The molecule has 0 saturated heterocycles. The highest BCUT2D eigenvalue weighted by Gasteiger charge is 2.03. The summed E-state index contributed by atoms with van der Waals surface area (Å²) in [6, 6.07) is 13.0. The molecule has 0 aliphatic carbocycles. The molecular weight excluding hydrogens is 246 g/mol. The van der Waals surface area contributed by atoms with E-state index in [1.807, 2.05) is 30.3 Å². The fourth-order valence-corrected chi connectivity index (χ4v) is 1.73. The zero-order valence-corrected chi connectivity index (χ0v) is 10.3. The van der Waals surface area contributed by atoms with Crippen LogP contribution in [0.15, 0.2) is 59.2 Å². The SMILES string of the molecule is N#CC(=CC=Cc1ccco1)c1ccccc1Cl. The van der Waals surface area contributed by atoms with Crippen molar-refractivity contribution in [3.8, 4) is 6.07 Å². The van der Waals surface area contributed by atoms with Gasteiger partial charge in [-0.15, -0.1) is 0 Å². The molecule has 0 amide bonds. The standard InChI is InChI=1S/C15H10ClNO/c16-15-9-2-1-8-14(15)12(11-17)5-3-6-13-7-4-10-18-13/h1-10H. The molecule has 3 heteroatoms. The van der Waals surface area contributed by atoms with E-state index in [1.165, 1.54) is 0 Å². The van der Waals surface area contributed by atoms with Crippen molar-refractivity contribution in [2.45, 2.75) is 0 Å². The van der Waals surface area contributed by atoms with Crippen LogP contribution in [-0.4, -0.2) is 0 Å². The van der Waals surface area contributed by atoms with Crippen molar-refractivity contribution in [1.82, 2.24) is 0 Å². The zero-order chi connectivity index (χ0) is 12.8. The number of nitrogens with zero attached hydrogens (tertiary/aromatic N) is 1. The van der Waals surface area contributed by atoms with Crippen molar-refractivity contribution < 1.29 is 4.42 Å². The topological polar surface area (TPSA) is 36.9 Å². The van der Waals surface area contributed by atoms with Gasteiger partial charge < -0.3 is 4.42 Å². The van der Waals surface area contributed by atoms with Gasteiger partial charge in [0.25, 0.3) is 0 Å². The first-order valence-corrected chi connectivity index (χ1v) is 5.76. The van der Waals surface area contributed by atoms with E-state index in [4.69, 9.17) is 21.3 Å². The third kappa shape index (κ3) is 2.91. The Morgan fingerprint density at radius 2 is 2.06 bits per heavy atom. The number of furan rings is 1. The van der Waals surface area contributed by atoms with Crippen molar-refractivity contribution in [3.05, 3.63) is 71.2 Å². The predicted octanol–water partition coefficient (Wildman–Crippen LogP) is 4.55. The molecule has 2 rings (SSSR count). The lowest BCUT2D eigenvalue weighted by Gasteiger charge is -2.00. The van der Waals surface area contributed by atoms with Crippen LogP contribution < -0.4 is 0 Å². The van der Waals surface area contributed by atoms with E-state index in [0.29, 0.717) is 10.6 Å². The fraction of sp³-hybridized carbons (Fsp3) is 0. The minimum absolute atomic E-state index is 0.517. The van der Waals surface area contributed by atoms with E-state index in [0.717, 1.165) is 11.3 Å². The molecule has 2 nitrogen and oxygen atoms in total. The minimum atomic E-state index is 0.517. The maximum atomic E-state index is 9.13. The summed E-state index contributed by atoms with van der Waals surface area (Å²) in [6.07, 6.45) is 6.86. The van der Waals surface area contributed by atoms with Gasteiger partial charge in [0.2, 0.25) is 0 Å². The molecule has 0 saturated carbocycles. The van der Waals surface area contributed by atoms with Gasteiger partial charge in [-0.3, -0.25) is 0 Å². The molecule has 0 aliphatic heterocycles. The fourth-order valence-electron chi connectivity index (χ4n) is 1.49. The Labute approximate surface area is 110 Å². The number of hydrogen-bond donors (Lipinski definition) is 0.